The summed E-state index contributed by atoms with van der Waals surface area (Å²) in [6.07, 6.45) is 0. The van der Waals surface area contributed by atoms with Crippen molar-refractivity contribution in [2.24, 2.45) is 0 Å². The molecule has 34 heavy (non-hydrogen) atoms. The highest BCUT2D eigenvalue weighted by atomic mass is 32.2. The molecule has 1 N–H and O–H groups in total. The average molecular weight is 500 g/mol. The van der Waals surface area contributed by atoms with Crippen molar-refractivity contribution >= 4 is 32.4 Å². The van der Waals surface area contributed by atoms with E-state index in [1.54, 1.807) is 6.07 Å². The molecule has 0 radical (unpaired) electrons. The lowest BCUT2D eigenvalue weighted by Gasteiger charge is -2.33. The van der Waals surface area contributed by atoms with E-state index in [1.165, 1.54) is 15.6 Å². The quantitative estimate of drug-likeness (QED) is 0.559. The number of hydrogen-bond donors (Lipinski definition) is 1. The van der Waals surface area contributed by atoms with Crippen molar-refractivity contribution in [1.29, 1.82) is 0 Å². The second-order valence-corrected chi connectivity index (χ2v) is 11.6. The minimum Gasteiger partial charge on any atom is -0.299 e. The Morgan fingerprint density at radius 2 is 1.68 bits per heavy atom. The summed E-state index contributed by atoms with van der Waals surface area (Å²) in [5, 5.41) is 12.3. The van der Waals surface area contributed by atoms with E-state index < -0.39 is 10.0 Å². The third kappa shape index (κ3) is 5.35. The number of carbonyl (C=O) groups is 1. The summed E-state index contributed by atoms with van der Waals surface area (Å²) in [6.45, 7) is 9.59. The Kier molecular flexibility index (Phi) is 7.13. The van der Waals surface area contributed by atoms with Crippen LogP contribution in [-0.2, 0) is 14.8 Å². The van der Waals surface area contributed by atoms with E-state index in [9.17, 15) is 13.2 Å². The maximum absolute atomic E-state index is 13.2. The molecule has 1 aromatic heterocycles. The third-order valence-electron chi connectivity index (χ3n) is 6.04. The van der Waals surface area contributed by atoms with Crippen LogP contribution in [-0.4, -0.2) is 66.5 Å². The van der Waals surface area contributed by atoms with Gasteiger partial charge < -0.3 is 0 Å². The maximum Gasteiger partial charge on any atom is 0.243 e. The van der Waals surface area contributed by atoms with E-state index in [1.807, 2.05) is 62.9 Å². The summed E-state index contributed by atoms with van der Waals surface area (Å²) < 4.78 is 27.9. The number of aryl methyl sites for hydroxylation is 4. The van der Waals surface area contributed by atoms with Gasteiger partial charge in [0.15, 0.2) is 0 Å². The first-order valence-corrected chi connectivity index (χ1v) is 13.4. The second-order valence-electron chi connectivity index (χ2n) is 8.71. The molecule has 1 aliphatic rings. The summed E-state index contributed by atoms with van der Waals surface area (Å²) in [7, 11) is -3.57. The highest BCUT2D eigenvalue weighted by Crippen LogP contribution is 2.27. The zero-order valence-corrected chi connectivity index (χ0v) is 21.5. The van der Waals surface area contributed by atoms with Crippen molar-refractivity contribution in [2.75, 3.05) is 38.0 Å². The summed E-state index contributed by atoms with van der Waals surface area (Å²) in [5.41, 5.74) is 4.89. The molecule has 3 aromatic rings. The van der Waals surface area contributed by atoms with Crippen LogP contribution in [0, 0.1) is 27.7 Å². The number of nitrogens with one attached hydrogen (secondary N) is 1. The van der Waals surface area contributed by atoms with Gasteiger partial charge in [0.2, 0.25) is 21.1 Å². The molecular weight excluding hydrogens is 470 g/mol. The van der Waals surface area contributed by atoms with Crippen LogP contribution >= 0.6 is 11.3 Å². The number of amides is 1. The van der Waals surface area contributed by atoms with Gasteiger partial charge in [-0.25, -0.2) is 8.42 Å². The summed E-state index contributed by atoms with van der Waals surface area (Å²) in [6, 6.07) is 11.6. The molecule has 1 aliphatic heterocycles. The molecule has 0 atom stereocenters. The van der Waals surface area contributed by atoms with Crippen LogP contribution in [0.1, 0.15) is 22.3 Å². The Labute approximate surface area is 204 Å². The lowest BCUT2D eigenvalue weighted by atomic mass is 10.1. The Bertz CT molecular complexity index is 1310. The van der Waals surface area contributed by atoms with Gasteiger partial charge >= 0.3 is 0 Å². The molecular formula is C24H29N5O3S2. The molecule has 0 aliphatic carbocycles. The highest BCUT2D eigenvalue weighted by molar-refractivity contribution is 7.89. The number of carbonyl (C=O) groups excluding carboxylic acids is 1. The van der Waals surface area contributed by atoms with E-state index in [0.717, 1.165) is 32.8 Å². The molecule has 0 bridgehead atoms. The molecule has 4 rings (SSSR count). The Balaban J connectivity index is 1.33. The molecule has 2 aromatic carbocycles. The number of benzene rings is 2. The smallest absolute Gasteiger partial charge is 0.243 e. The first-order chi connectivity index (χ1) is 16.1. The van der Waals surface area contributed by atoms with E-state index in [4.69, 9.17) is 0 Å². The van der Waals surface area contributed by atoms with Gasteiger partial charge in [0, 0.05) is 31.7 Å². The molecule has 2 heterocycles. The number of aromatic nitrogens is 2. The maximum atomic E-state index is 13.2. The minimum atomic E-state index is -3.57. The number of sulfonamides is 1. The average Bonchev–Trinajstić information content (AvgIpc) is 3.25. The van der Waals surface area contributed by atoms with Gasteiger partial charge in [0.1, 0.15) is 5.01 Å². The van der Waals surface area contributed by atoms with Gasteiger partial charge in [-0.05, 0) is 56.5 Å². The van der Waals surface area contributed by atoms with Gasteiger partial charge in [0.05, 0.1) is 11.4 Å². The predicted molar refractivity (Wildman–Crippen MR) is 135 cm³/mol. The van der Waals surface area contributed by atoms with Crippen molar-refractivity contribution in [3.63, 3.8) is 0 Å². The van der Waals surface area contributed by atoms with Gasteiger partial charge in [0.25, 0.3) is 0 Å². The minimum absolute atomic E-state index is 0.177. The molecule has 8 nitrogen and oxygen atoms in total. The SMILES string of the molecule is Cc1cccc(-c2nnc(NC(=O)CN3CCN(S(=O)(=O)c4cc(C)c(C)cc4C)CC3)s2)c1. The van der Waals surface area contributed by atoms with Gasteiger partial charge in [-0.2, -0.15) is 4.31 Å². The molecule has 1 saturated heterocycles. The molecule has 0 unspecified atom stereocenters. The van der Waals surface area contributed by atoms with Crippen LogP contribution < -0.4 is 5.32 Å². The van der Waals surface area contributed by atoms with Gasteiger partial charge in [-0.3, -0.25) is 15.0 Å². The van der Waals surface area contributed by atoms with E-state index in [-0.39, 0.29) is 12.5 Å². The van der Waals surface area contributed by atoms with E-state index >= 15 is 0 Å². The first kappa shape index (κ1) is 24.5. The van der Waals surface area contributed by atoms with Crippen LogP contribution in [0.3, 0.4) is 0 Å². The fourth-order valence-corrected chi connectivity index (χ4v) is 6.48. The molecule has 0 saturated carbocycles. The second kappa shape index (κ2) is 9.91. The zero-order chi connectivity index (χ0) is 24.5. The lowest BCUT2D eigenvalue weighted by molar-refractivity contribution is -0.117. The molecule has 180 valence electrons. The predicted octanol–water partition coefficient (Wildman–Crippen LogP) is 3.38. The Morgan fingerprint density at radius 1 is 0.971 bits per heavy atom. The van der Waals surface area contributed by atoms with Crippen molar-refractivity contribution in [3.8, 4) is 10.6 Å². The monoisotopic (exact) mass is 499 g/mol. The number of nitrogens with zero attached hydrogens (tertiary/aromatic N) is 4. The first-order valence-electron chi connectivity index (χ1n) is 11.1. The fraction of sp³-hybridized carbons (Fsp3) is 0.375. The summed E-state index contributed by atoms with van der Waals surface area (Å²) in [5.74, 6) is -0.187. The lowest BCUT2D eigenvalue weighted by Crippen LogP contribution is -2.50. The van der Waals surface area contributed by atoms with Crippen molar-refractivity contribution in [3.05, 3.63) is 58.7 Å². The number of piperazine rings is 1. The molecule has 0 spiro atoms. The third-order valence-corrected chi connectivity index (χ3v) is 8.97. The van der Waals surface area contributed by atoms with Crippen LogP contribution in [0.25, 0.3) is 10.6 Å². The number of rotatable bonds is 6. The summed E-state index contributed by atoms with van der Waals surface area (Å²) in [4.78, 5) is 14.9. The highest BCUT2D eigenvalue weighted by Gasteiger charge is 2.30. The molecule has 10 heteroatoms. The molecule has 1 fully saturated rings. The largest absolute Gasteiger partial charge is 0.299 e. The fourth-order valence-electron chi connectivity index (χ4n) is 4.01. The van der Waals surface area contributed by atoms with Crippen LogP contribution in [0.15, 0.2) is 41.3 Å². The van der Waals surface area contributed by atoms with Crippen LogP contribution in [0.4, 0.5) is 5.13 Å². The van der Waals surface area contributed by atoms with Crippen molar-refractivity contribution in [1.82, 2.24) is 19.4 Å². The van der Waals surface area contributed by atoms with Crippen LogP contribution in [0.5, 0.6) is 0 Å². The molecule has 1 amide bonds. The van der Waals surface area contributed by atoms with Gasteiger partial charge in [-0.15, -0.1) is 10.2 Å². The van der Waals surface area contributed by atoms with Crippen LogP contribution in [0.2, 0.25) is 0 Å². The number of hydrogen-bond acceptors (Lipinski definition) is 7. The van der Waals surface area contributed by atoms with E-state index in [0.29, 0.717) is 36.2 Å². The van der Waals surface area contributed by atoms with E-state index in [2.05, 4.69) is 15.5 Å². The van der Waals surface area contributed by atoms with Gasteiger partial charge in [-0.1, -0.05) is 41.2 Å². The number of anilines is 1. The van der Waals surface area contributed by atoms with Crippen molar-refractivity contribution < 1.29 is 13.2 Å². The Morgan fingerprint density at radius 3 is 2.38 bits per heavy atom. The zero-order valence-electron chi connectivity index (χ0n) is 19.8. The summed E-state index contributed by atoms with van der Waals surface area (Å²) >= 11 is 1.33. The van der Waals surface area contributed by atoms with Crippen molar-refractivity contribution in [2.45, 2.75) is 32.6 Å². The normalized spacial score (nSPS) is 15.4. The standard InChI is InChI=1S/C24H29N5O3S2/c1-16-6-5-7-20(12-16)23-26-27-24(33-23)25-22(30)15-28-8-10-29(11-9-28)34(31,32)21-14-18(3)17(2)13-19(21)4/h5-7,12-14H,8-11,15H2,1-4H3,(H,25,27,30). The Hall–Kier alpha value is -2.66. The topological polar surface area (TPSA) is 95.5 Å².